The monoisotopic (exact) mass is 440 g/mol. The van der Waals surface area contributed by atoms with E-state index in [-0.39, 0.29) is 17.0 Å². The van der Waals surface area contributed by atoms with Gasteiger partial charge in [0.05, 0.1) is 31.7 Å². The summed E-state index contributed by atoms with van der Waals surface area (Å²) in [6, 6.07) is 3.02. The molecule has 0 saturated carbocycles. The fourth-order valence-corrected chi connectivity index (χ4v) is 3.81. The first-order valence-electron chi connectivity index (χ1n) is 9.05. The zero-order valence-electron chi connectivity index (χ0n) is 16.3. The number of anilines is 1. The van der Waals surface area contributed by atoms with Gasteiger partial charge in [-0.25, -0.2) is 4.68 Å². The van der Waals surface area contributed by atoms with Crippen molar-refractivity contribution in [1.29, 1.82) is 0 Å². The van der Waals surface area contributed by atoms with Gasteiger partial charge in [0.1, 0.15) is 17.3 Å². The van der Waals surface area contributed by atoms with Gasteiger partial charge in [0.2, 0.25) is 0 Å². The van der Waals surface area contributed by atoms with Gasteiger partial charge in [-0.15, -0.1) is 0 Å². The maximum atomic E-state index is 13.6. The van der Waals surface area contributed by atoms with E-state index in [1.165, 1.54) is 20.4 Å². The first kappa shape index (κ1) is 20.3. The van der Waals surface area contributed by atoms with Crippen molar-refractivity contribution in [2.75, 3.05) is 19.5 Å². The van der Waals surface area contributed by atoms with E-state index in [9.17, 15) is 13.2 Å². The van der Waals surface area contributed by atoms with Crippen molar-refractivity contribution >= 4 is 18.0 Å². The van der Waals surface area contributed by atoms with E-state index in [0.717, 1.165) is 4.68 Å². The Morgan fingerprint density at radius 3 is 2.67 bits per heavy atom. The number of methoxy groups -OCH3 is 2. The Bertz CT molecular complexity index is 1140. The molecule has 1 aliphatic heterocycles. The van der Waals surface area contributed by atoms with Gasteiger partial charge < -0.3 is 14.8 Å². The molecule has 3 aromatic rings. The van der Waals surface area contributed by atoms with Gasteiger partial charge in [-0.3, -0.25) is 9.67 Å². The zero-order chi connectivity index (χ0) is 21.6. The van der Waals surface area contributed by atoms with Crippen LogP contribution in [0.4, 0.5) is 19.0 Å². The van der Waals surface area contributed by atoms with Crippen LogP contribution >= 0.6 is 12.2 Å². The fraction of sp³-hybridized carbons (Fsp3) is 0.389. The van der Waals surface area contributed by atoms with Crippen molar-refractivity contribution in [3.05, 3.63) is 29.2 Å². The lowest BCUT2D eigenvalue weighted by atomic mass is 10.0. The molecule has 3 heterocycles. The van der Waals surface area contributed by atoms with Crippen LogP contribution in [0.2, 0.25) is 0 Å². The van der Waals surface area contributed by atoms with E-state index in [1.54, 1.807) is 29.7 Å². The van der Waals surface area contributed by atoms with Crippen molar-refractivity contribution in [3.8, 4) is 28.6 Å². The zero-order valence-corrected chi connectivity index (χ0v) is 17.1. The first-order valence-corrected chi connectivity index (χ1v) is 9.46. The van der Waals surface area contributed by atoms with Crippen LogP contribution in [0, 0.1) is 4.77 Å². The Kier molecular flexibility index (Phi) is 4.96. The van der Waals surface area contributed by atoms with Gasteiger partial charge in [0, 0.05) is 12.1 Å². The average Bonchev–Trinajstić information content (AvgIpc) is 3.29. The minimum atomic E-state index is -4.42. The average molecular weight is 440 g/mol. The molecule has 0 spiro atoms. The number of nitrogens with zero attached hydrogens (tertiary/aromatic N) is 4. The lowest BCUT2D eigenvalue weighted by molar-refractivity contribution is -0.173. The van der Waals surface area contributed by atoms with Crippen LogP contribution in [0.25, 0.3) is 17.1 Å². The minimum absolute atomic E-state index is 0.114. The summed E-state index contributed by atoms with van der Waals surface area (Å²) in [5.41, 5.74) is 0.948. The van der Waals surface area contributed by atoms with Crippen molar-refractivity contribution < 1.29 is 22.6 Å². The Morgan fingerprint density at radius 1 is 1.23 bits per heavy atom. The largest absolute Gasteiger partial charge is 0.497 e. The van der Waals surface area contributed by atoms with E-state index in [4.69, 9.17) is 21.7 Å². The summed E-state index contributed by atoms with van der Waals surface area (Å²) in [6.07, 6.45) is -3.17. The van der Waals surface area contributed by atoms with Crippen molar-refractivity contribution in [1.82, 2.24) is 24.5 Å². The molecule has 1 aliphatic rings. The quantitative estimate of drug-likeness (QED) is 0.594. The van der Waals surface area contributed by atoms with Gasteiger partial charge in [-0.1, -0.05) is 0 Å². The number of hydrogen-bond acceptors (Lipinski definition) is 6. The van der Waals surface area contributed by atoms with Gasteiger partial charge >= 0.3 is 6.18 Å². The molecule has 8 nitrogen and oxygen atoms in total. The molecule has 12 heteroatoms. The summed E-state index contributed by atoms with van der Waals surface area (Å²) in [4.78, 5) is 0. The minimum Gasteiger partial charge on any atom is -0.497 e. The van der Waals surface area contributed by atoms with Gasteiger partial charge in [-0.2, -0.15) is 23.4 Å². The van der Waals surface area contributed by atoms with E-state index in [1.807, 2.05) is 0 Å². The summed E-state index contributed by atoms with van der Waals surface area (Å²) < 4.78 is 54.2. The molecule has 4 rings (SSSR count). The molecule has 0 bridgehead atoms. The molecule has 0 radical (unpaired) electrons. The second kappa shape index (κ2) is 7.35. The molecule has 160 valence electrons. The Hall–Kier alpha value is -3.02. The van der Waals surface area contributed by atoms with Crippen molar-refractivity contribution in [2.24, 2.45) is 0 Å². The highest BCUT2D eigenvalue weighted by Gasteiger charge is 2.46. The van der Waals surface area contributed by atoms with Gasteiger partial charge in [0.15, 0.2) is 16.6 Å². The normalized spacial score (nSPS) is 18.6. The number of alkyl halides is 3. The highest BCUT2D eigenvalue weighted by atomic mass is 32.1. The topological polar surface area (TPSA) is 81.9 Å². The predicted molar refractivity (Wildman–Crippen MR) is 106 cm³/mol. The summed E-state index contributed by atoms with van der Waals surface area (Å²) in [5, 5.41) is 14.1. The Morgan fingerprint density at radius 2 is 2.00 bits per heavy atom. The van der Waals surface area contributed by atoms with E-state index >= 15 is 0 Å². The highest BCUT2D eigenvalue weighted by molar-refractivity contribution is 7.71. The third kappa shape index (κ3) is 3.30. The number of rotatable bonds is 4. The molecule has 2 atom stereocenters. The third-order valence-electron chi connectivity index (χ3n) is 4.97. The SMILES string of the molecule is COc1ccc(-n2c(-c3cnn4c3N[C@@H](C)C[C@H]4C(F)(F)F)n[nH]c2=S)c(OC)c1. The predicted octanol–water partition coefficient (Wildman–Crippen LogP) is 4.12. The molecule has 0 fully saturated rings. The summed E-state index contributed by atoms with van der Waals surface area (Å²) in [6.45, 7) is 1.70. The summed E-state index contributed by atoms with van der Waals surface area (Å²) >= 11 is 5.39. The van der Waals surface area contributed by atoms with Crippen LogP contribution in [0.5, 0.6) is 11.5 Å². The van der Waals surface area contributed by atoms with Crippen LogP contribution < -0.4 is 14.8 Å². The van der Waals surface area contributed by atoms with E-state index < -0.39 is 18.3 Å². The number of halogens is 3. The van der Waals surface area contributed by atoms with Gasteiger partial charge in [0.25, 0.3) is 0 Å². The first-order chi connectivity index (χ1) is 14.2. The molecular weight excluding hydrogens is 421 g/mol. The number of benzene rings is 1. The fourth-order valence-electron chi connectivity index (χ4n) is 3.58. The lowest BCUT2D eigenvalue weighted by Gasteiger charge is -2.32. The molecule has 2 aromatic heterocycles. The molecule has 0 aliphatic carbocycles. The molecule has 1 aromatic carbocycles. The second-order valence-electron chi connectivity index (χ2n) is 6.92. The smallest absolute Gasteiger partial charge is 0.410 e. The van der Waals surface area contributed by atoms with Crippen LogP contribution in [0.3, 0.4) is 0 Å². The standard InChI is InChI=1S/C18H19F3N6O2S/c1-9-6-14(18(19,20)21)27-15(23-9)11(8-22-27)16-24-25-17(30)26(16)12-5-4-10(28-2)7-13(12)29-3/h4-5,7-9,14,23H,6H2,1-3H3,(H,25,30)/t9-,14-/m0/s1. The van der Waals surface area contributed by atoms with Crippen LogP contribution in [0.1, 0.15) is 19.4 Å². The summed E-state index contributed by atoms with van der Waals surface area (Å²) in [5.74, 6) is 1.59. The number of aromatic amines is 1. The second-order valence-corrected chi connectivity index (χ2v) is 7.30. The molecule has 30 heavy (non-hydrogen) atoms. The van der Waals surface area contributed by atoms with E-state index in [2.05, 4.69) is 20.6 Å². The number of hydrogen-bond donors (Lipinski definition) is 2. The van der Waals surface area contributed by atoms with Crippen molar-refractivity contribution in [3.63, 3.8) is 0 Å². The number of fused-ring (bicyclic) bond motifs is 1. The van der Waals surface area contributed by atoms with Crippen LogP contribution in [-0.2, 0) is 0 Å². The number of ether oxygens (including phenoxy) is 2. The van der Waals surface area contributed by atoms with Crippen LogP contribution in [0.15, 0.2) is 24.4 Å². The molecule has 2 N–H and O–H groups in total. The van der Waals surface area contributed by atoms with Crippen LogP contribution in [-0.4, -0.2) is 51.0 Å². The Balaban J connectivity index is 1.89. The lowest BCUT2D eigenvalue weighted by Crippen LogP contribution is -2.38. The molecular formula is C18H19F3N6O2S. The maximum absolute atomic E-state index is 13.6. The summed E-state index contributed by atoms with van der Waals surface area (Å²) in [7, 11) is 3.03. The van der Waals surface area contributed by atoms with E-state index in [0.29, 0.717) is 28.6 Å². The van der Waals surface area contributed by atoms with Gasteiger partial charge in [-0.05, 0) is 37.7 Å². The molecule has 0 saturated heterocycles. The highest BCUT2D eigenvalue weighted by Crippen LogP contribution is 2.42. The third-order valence-corrected chi connectivity index (χ3v) is 5.24. The van der Waals surface area contributed by atoms with Crippen molar-refractivity contribution in [2.45, 2.75) is 31.6 Å². The Labute approximate surface area is 174 Å². The number of nitrogens with one attached hydrogen (secondary N) is 2. The molecule has 0 unspecified atom stereocenters. The maximum Gasteiger partial charge on any atom is 0.410 e. The number of aromatic nitrogens is 5. The molecule has 0 amide bonds. The number of H-pyrrole nitrogens is 1.